The largest absolute Gasteiger partial charge is 0.493 e. The van der Waals surface area contributed by atoms with Gasteiger partial charge in [0.15, 0.2) is 5.69 Å². The standard InChI is InChI=1S/C14H15NO3S/c1-3-17-12-8-6-5-7-10(12)13-15-11(9-19-13)14(16)18-4-2/h5-9H,3-4H2,1-2H3. The van der Waals surface area contributed by atoms with Gasteiger partial charge >= 0.3 is 5.97 Å². The van der Waals surface area contributed by atoms with E-state index in [0.717, 1.165) is 16.3 Å². The second kappa shape index (κ2) is 6.33. The monoisotopic (exact) mass is 277 g/mol. The van der Waals surface area contributed by atoms with E-state index in [4.69, 9.17) is 9.47 Å². The zero-order valence-electron chi connectivity index (χ0n) is 10.9. The molecule has 0 saturated heterocycles. The number of nitrogens with zero attached hydrogens (tertiary/aromatic N) is 1. The van der Waals surface area contributed by atoms with E-state index in [9.17, 15) is 4.79 Å². The molecule has 4 nitrogen and oxygen atoms in total. The Morgan fingerprint density at radius 3 is 2.79 bits per heavy atom. The molecule has 2 rings (SSSR count). The SMILES string of the molecule is CCOC(=O)c1csc(-c2ccccc2OCC)n1. The third-order valence-corrected chi connectivity index (χ3v) is 3.28. The van der Waals surface area contributed by atoms with Gasteiger partial charge in [0.1, 0.15) is 10.8 Å². The molecule has 0 N–H and O–H groups in total. The molecule has 19 heavy (non-hydrogen) atoms. The maximum atomic E-state index is 11.6. The molecule has 0 atom stereocenters. The second-order valence-corrected chi connectivity index (χ2v) is 4.55. The maximum Gasteiger partial charge on any atom is 0.357 e. The summed E-state index contributed by atoms with van der Waals surface area (Å²) in [6, 6.07) is 7.65. The smallest absolute Gasteiger partial charge is 0.357 e. The molecule has 0 spiro atoms. The Hall–Kier alpha value is -1.88. The van der Waals surface area contributed by atoms with Gasteiger partial charge in [0.2, 0.25) is 0 Å². The molecule has 0 fully saturated rings. The summed E-state index contributed by atoms with van der Waals surface area (Å²) in [6.45, 7) is 4.65. The molecule has 5 heteroatoms. The Bertz CT molecular complexity index is 565. The van der Waals surface area contributed by atoms with Crippen LogP contribution in [0.2, 0.25) is 0 Å². The summed E-state index contributed by atoms with van der Waals surface area (Å²) >= 11 is 1.40. The zero-order valence-corrected chi connectivity index (χ0v) is 11.7. The minimum absolute atomic E-state index is 0.341. The third kappa shape index (κ3) is 3.12. The van der Waals surface area contributed by atoms with Gasteiger partial charge in [-0.25, -0.2) is 9.78 Å². The maximum absolute atomic E-state index is 11.6. The fraction of sp³-hybridized carbons (Fsp3) is 0.286. The molecule has 0 radical (unpaired) electrons. The van der Waals surface area contributed by atoms with E-state index in [1.165, 1.54) is 11.3 Å². The van der Waals surface area contributed by atoms with Crippen molar-refractivity contribution in [3.63, 3.8) is 0 Å². The Morgan fingerprint density at radius 2 is 2.05 bits per heavy atom. The fourth-order valence-electron chi connectivity index (χ4n) is 1.62. The number of esters is 1. The van der Waals surface area contributed by atoms with Crippen LogP contribution in [0.25, 0.3) is 10.6 Å². The van der Waals surface area contributed by atoms with Crippen LogP contribution in [0.3, 0.4) is 0 Å². The lowest BCUT2D eigenvalue weighted by atomic mass is 10.2. The van der Waals surface area contributed by atoms with Gasteiger partial charge in [-0.1, -0.05) is 12.1 Å². The first-order valence-corrected chi connectivity index (χ1v) is 6.99. The van der Waals surface area contributed by atoms with Gasteiger partial charge in [-0.15, -0.1) is 11.3 Å². The van der Waals surface area contributed by atoms with E-state index in [1.54, 1.807) is 12.3 Å². The molecule has 1 heterocycles. The van der Waals surface area contributed by atoms with E-state index >= 15 is 0 Å². The number of para-hydroxylation sites is 1. The van der Waals surface area contributed by atoms with Gasteiger partial charge in [-0.05, 0) is 26.0 Å². The summed E-state index contributed by atoms with van der Waals surface area (Å²) in [5.41, 5.74) is 1.23. The van der Waals surface area contributed by atoms with Crippen molar-refractivity contribution in [2.24, 2.45) is 0 Å². The third-order valence-electron chi connectivity index (χ3n) is 2.41. The number of benzene rings is 1. The van der Waals surface area contributed by atoms with Gasteiger partial charge in [0.05, 0.1) is 18.8 Å². The van der Waals surface area contributed by atoms with Crippen LogP contribution in [0.5, 0.6) is 5.75 Å². The number of ether oxygens (including phenoxy) is 2. The average molecular weight is 277 g/mol. The number of hydrogen-bond donors (Lipinski definition) is 0. The predicted molar refractivity (Wildman–Crippen MR) is 74.7 cm³/mol. The summed E-state index contributed by atoms with van der Waals surface area (Å²) in [5, 5.41) is 2.46. The van der Waals surface area contributed by atoms with Gasteiger partial charge in [-0.2, -0.15) is 0 Å². The number of aromatic nitrogens is 1. The normalized spacial score (nSPS) is 10.2. The van der Waals surface area contributed by atoms with Crippen LogP contribution in [0.1, 0.15) is 24.3 Å². The van der Waals surface area contributed by atoms with Crippen LogP contribution in [-0.2, 0) is 4.74 Å². The first-order chi connectivity index (χ1) is 9.26. The summed E-state index contributed by atoms with van der Waals surface area (Å²) in [5.74, 6) is 0.383. The first-order valence-electron chi connectivity index (χ1n) is 6.11. The molecule has 0 amide bonds. The number of carbonyl (C=O) groups is 1. The molecule has 0 unspecified atom stereocenters. The molecule has 0 aliphatic carbocycles. The molecule has 0 saturated carbocycles. The van der Waals surface area contributed by atoms with E-state index in [0.29, 0.717) is 18.9 Å². The van der Waals surface area contributed by atoms with Crippen molar-refractivity contribution in [3.8, 4) is 16.3 Å². The highest BCUT2D eigenvalue weighted by Crippen LogP contribution is 2.32. The molecule has 0 bridgehead atoms. The number of rotatable bonds is 5. The molecule has 2 aromatic rings. The van der Waals surface area contributed by atoms with Crippen LogP contribution >= 0.6 is 11.3 Å². The van der Waals surface area contributed by atoms with Crippen molar-refractivity contribution in [3.05, 3.63) is 35.3 Å². The molecular formula is C14H15NO3S. The van der Waals surface area contributed by atoms with Crippen molar-refractivity contribution in [2.45, 2.75) is 13.8 Å². The topological polar surface area (TPSA) is 48.4 Å². The molecule has 0 aliphatic heterocycles. The molecular weight excluding hydrogens is 262 g/mol. The Labute approximate surface area is 116 Å². The predicted octanol–water partition coefficient (Wildman–Crippen LogP) is 3.39. The lowest BCUT2D eigenvalue weighted by Gasteiger charge is -2.07. The highest BCUT2D eigenvalue weighted by Gasteiger charge is 2.14. The Kier molecular flexibility index (Phi) is 4.52. The number of hydrogen-bond acceptors (Lipinski definition) is 5. The highest BCUT2D eigenvalue weighted by molar-refractivity contribution is 7.13. The minimum Gasteiger partial charge on any atom is -0.493 e. The van der Waals surface area contributed by atoms with Crippen molar-refractivity contribution >= 4 is 17.3 Å². The summed E-state index contributed by atoms with van der Waals surface area (Å²) in [6.07, 6.45) is 0. The minimum atomic E-state index is -0.390. The van der Waals surface area contributed by atoms with Crippen molar-refractivity contribution in [2.75, 3.05) is 13.2 Å². The van der Waals surface area contributed by atoms with Crippen LogP contribution < -0.4 is 4.74 Å². The summed E-state index contributed by atoms with van der Waals surface area (Å²) in [7, 11) is 0. The van der Waals surface area contributed by atoms with Gasteiger partial charge in [0.25, 0.3) is 0 Å². The lowest BCUT2D eigenvalue weighted by molar-refractivity contribution is 0.0520. The summed E-state index contributed by atoms with van der Waals surface area (Å²) < 4.78 is 10.5. The van der Waals surface area contributed by atoms with E-state index in [-0.39, 0.29) is 5.97 Å². The van der Waals surface area contributed by atoms with E-state index in [2.05, 4.69) is 4.98 Å². The highest BCUT2D eigenvalue weighted by atomic mass is 32.1. The van der Waals surface area contributed by atoms with Gasteiger partial charge in [-0.3, -0.25) is 0 Å². The van der Waals surface area contributed by atoms with Crippen LogP contribution in [0.4, 0.5) is 0 Å². The van der Waals surface area contributed by atoms with Crippen molar-refractivity contribution < 1.29 is 14.3 Å². The fourth-order valence-corrected chi connectivity index (χ4v) is 2.44. The van der Waals surface area contributed by atoms with E-state index in [1.807, 2.05) is 31.2 Å². The lowest BCUT2D eigenvalue weighted by Crippen LogP contribution is -2.04. The number of carbonyl (C=O) groups excluding carboxylic acids is 1. The zero-order chi connectivity index (χ0) is 13.7. The quantitative estimate of drug-likeness (QED) is 0.786. The second-order valence-electron chi connectivity index (χ2n) is 3.69. The van der Waals surface area contributed by atoms with Crippen LogP contribution in [0, 0.1) is 0 Å². The van der Waals surface area contributed by atoms with Crippen molar-refractivity contribution in [1.82, 2.24) is 4.98 Å². The van der Waals surface area contributed by atoms with Gasteiger partial charge in [0, 0.05) is 5.38 Å². The van der Waals surface area contributed by atoms with E-state index < -0.39 is 0 Å². The molecule has 1 aromatic carbocycles. The molecule has 0 aliphatic rings. The molecule has 1 aromatic heterocycles. The number of thiazole rings is 1. The average Bonchev–Trinajstić information content (AvgIpc) is 2.90. The Balaban J connectivity index is 2.30. The molecule has 100 valence electrons. The van der Waals surface area contributed by atoms with Crippen LogP contribution in [0.15, 0.2) is 29.6 Å². The Morgan fingerprint density at radius 1 is 1.26 bits per heavy atom. The van der Waals surface area contributed by atoms with Crippen LogP contribution in [-0.4, -0.2) is 24.2 Å². The van der Waals surface area contributed by atoms with Crippen molar-refractivity contribution in [1.29, 1.82) is 0 Å². The summed E-state index contributed by atoms with van der Waals surface area (Å²) in [4.78, 5) is 15.9. The van der Waals surface area contributed by atoms with Gasteiger partial charge < -0.3 is 9.47 Å². The first kappa shape index (κ1) is 13.5.